The molecule has 152 valence electrons. The first-order chi connectivity index (χ1) is 14.5. The lowest BCUT2D eigenvalue weighted by molar-refractivity contribution is 0.0538. The van der Waals surface area contributed by atoms with Crippen LogP contribution in [-0.4, -0.2) is 46.7 Å². The van der Waals surface area contributed by atoms with Crippen LogP contribution in [0.15, 0.2) is 48.9 Å². The van der Waals surface area contributed by atoms with Crippen molar-refractivity contribution in [1.82, 2.24) is 34.2 Å². The highest BCUT2D eigenvalue weighted by molar-refractivity contribution is 6.04. The van der Waals surface area contributed by atoms with Gasteiger partial charge in [-0.1, -0.05) is 44.2 Å². The molecule has 8 nitrogen and oxygen atoms in total. The van der Waals surface area contributed by atoms with Crippen LogP contribution in [0, 0.1) is 5.92 Å². The molecule has 0 radical (unpaired) electrons. The summed E-state index contributed by atoms with van der Waals surface area (Å²) in [6, 6.07) is 11.5. The minimum absolute atomic E-state index is 0.0460. The maximum atomic E-state index is 13.6. The first-order valence-electron chi connectivity index (χ1n) is 10.1. The number of hydrogen-bond acceptors (Lipinski definition) is 5. The van der Waals surface area contributed by atoms with Gasteiger partial charge in [-0.2, -0.15) is 5.10 Å². The van der Waals surface area contributed by atoms with Crippen LogP contribution in [0.5, 0.6) is 0 Å². The van der Waals surface area contributed by atoms with Gasteiger partial charge < -0.3 is 9.47 Å². The highest BCUT2D eigenvalue weighted by atomic mass is 16.2. The Hall–Kier alpha value is -3.55. The summed E-state index contributed by atoms with van der Waals surface area (Å²) < 4.78 is 3.77. The number of fused-ring (bicyclic) bond motifs is 2. The molecule has 4 heterocycles. The van der Waals surface area contributed by atoms with Crippen LogP contribution in [0.25, 0.3) is 22.6 Å². The van der Waals surface area contributed by atoms with E-state index < -0.39 is 0 Å². The van der Waals surface area contributed by atoms with Crippen LogP contribution in [-0.2, 0) is 13.6 Å². The van der Waals surface area contributed by atoms with Crippen molar-refractivity contribution in [2.45, 2.75) is 26.4 Å². The van der Waals surface area contributed by atoms with Gasteiger partial charge in [-0.3, -0.25) is 4.79 Å². The number of hydrogen-bond donors (Lipinski definition) is 0. The Morgan fingerprint density at radius 3 is 2.67 bits per heavy atom. The SMILES string of the molecule is CC(C)[C@H]1c2nc(-c3ccccc3)nn2CCN1C(=O)c1ccnc2c1ncn2C. The van der Waals surface area contributed by atoms with Gasteiger partial charge >= 0.3 is 0 Å². The molecule has 1 aliphatic rings. The summed E-state index contributed by atoms with van der Waals surface area (Å²) in [6.07, 6.45) is 3.36. The van der Waals surface area contributed by atoms with Gasteiger partial charge in [0.15, 0.2) is 17.3 Å². The van der Waals surface area contributed by atoms with Gasteiger partial charge in [-0.25, -0.2) is 19.6 Å². The van der Waals surface area contributed by atoms with E-state index in [1.54, 1.807) is 18.6 Å². The number of rotatable bonds is 3. The lowest BCUT2D eigenvalue weighted by Gasteiger charge is -2.37. The summed E-state index contributed by atoms with van der Waals surface area (Å²) >= 11 is 0. The van der Waals surface area contributed by atoms with Crippen molar-refractivity contribution in [2.24, 2.45) is 13.0 Å². The Kier molecular flexibility index (Phi) is 4.34. The van der Waals surface area contributed by atoms with Crippen molar-refractivity contribution in [3.63, 3.8) is 0 Å². The minimum atomic E-state index is -0.164. The Bertz CT molecular complexity index is 1230. The number of amides is 1. The predicted molar refractivity (Wildman–Crippen MR) is 113 cm³/mol. The molecule has 0 fully saturated rings. The Labute approximate surface area is 174 Å². The third-order valence-electron chi connectivity index (χ3n) is 5.61. The van der Waals surface area contributed by atoms with Crippen LogP contribution in [0.1, 0.15) is 36.1 Å². The fraction of sp³-hybridized carbons (Fsp3) is 0.318. The highest BCUT2D eigenvalue weighted by Crippen LogP contribution is 2.34. The maximum Gasteiger partial charge on any atom is 0.256 e. The topological polar surface area (TPSA) is 81.7 Å². The van der Waals surface area contributed by atoms with E-state index in [1.165, 1.54) is 0 Å². The molecule has 0 aliphatic carbocycles. The fourth-order valence-corrected chi connectivity index (χ4v) is 4.17. The normalized spacial score (nSPS) is 16.3. The summed E-state index contributed by atoms with van der Waals surface area (Å²) in [5.41, 5.74) is 2.88. The molecular weight excluding hydrogens is 378 g/mol. The van der Waals surface area contributed by atoms with Crippen LogP contribution < -0.4 is 0 Å². The minimum Gasteiger partial charge on any atom is -0.326 e. The summed E-state index contributed by atoms with van der Waals surface area (Å²) in [5.74, 6) is 1.66. The van der Waals surface area contributed by atoms with E-state index in [0.717, 1.165) is 11.4 Å². The zero-order chi connectivity index (χ0) is 20.8. The number of aryl methyl sites for hydroxylation is 1. The second kappa shape index (κ2) is 7.05. The van der Waals surface area contributed by atoms with Gasteiger partial charge in [0, 0.05) is 25.4 Å². The lowest BCUT2D eigenvalue weighted by atomic mass is 9.98. The molecule has 0 bridgehead atoms. The molecule has 0 spiro atoms. The standard InChI is InChI=1S/C22H23N7O/c1-14(2)18-21-25-19(15-7-5-4-6-8-15)26-29(21)12-11-28(18)22(30)16-9-10-23-20-17(16)24-13-27(20)3/h4-10,13-14,18H,11-12H2,1-3H3/t18-/m0/s1. The zero-order valence-corrected chi connectivity index (χ0v) is 17.2. The average Bonchev–Trinajstić information content (AvgIpc) is 3.37. The third-order valence-corrected chi connectivity index (χ3v) is 5.61. The molecule has 0 N–H and O–H groups in total. The second-order valence-corrected chi connectivity index (χ2v) is 7.96. The monoisotopic (exact) mass is 401 g/mol. The van der Waals surface area contributed by atoms with E-state index in [1.807, 2.05) is 51.5 Å². The third kappa shape index (κ3) is 2.87. The van der Waals surface area contributed by atoms with Crippen LogP contribution in [0.4, 0.5) is 0 Å². The van der Waals surface area contributed by atoms with E-state index in [-0.39, 0.29) is 17.9 Å². The quantitative estimate of drug-likeness (QED) is 0.527. The van der Waals surface area contributed by atoms with Gasteiger partial charge in [0.1, 0.15) is 5.52 Å². The van der Waals surface area contributed by atoms with Gasteiger partial charge in [0.25, 0.3) is 5.91 Å². The van der Waals surface area contributed by atoms with Crippen molar-refractivity contribution in [3.8, 4) is 11.4 Å². The molecule has 1 aliphatic heterocycles. The molecule has 1 aromatic carbocycles. The predicted octanol–water partition coefficient (Wildman–Crippen LogP) is 3.08. The van der Waals surface area contributed by atoms with E-state index in [2.05, 4.69) is 23.8 Å². The first-order valence-corrected chi connectivity index (χ1v) is 10.1. The number of benzene rings is 1. The Morgan fingerprint density at radius 1 is 1.10 bits per heavy atom. The number of carbonyl (C=O) groups excluding carboxylic acids is 1. The summed E-state index contributed by atoms with van der Waals surface area (Å²) in [6.45, 7) is 5.41. The van der Waals surface area contributed by atoms with Crippen molar-refractivity contribution in [1.29, 1.82) is 0 Å². The number of imidazole rings is 1. The van der Waals surface area contributed by atoms with E-state index in [4.69, 9.17) is 10.1 Å². The van der Waals surface area contributed by atoms with Gasteiger partial charge in [-0.15, -0.1) is 0 Å². The summed E-state index contributed by atoms with van der Waals surface area (Å²) in [4.78, 5) is 29.1. The molecule has 30 heavy (non-hydrogen) atoms. The van der Waals surface area contributed by atoms with Gasteiger partial charge in [0.05, 0.1) is 24.5 Å². The summed E-state index contributed by atoms with van der Waals surface area (Å²) in [7, 11) is 1.88. The Balaban J connectivity index is 1.56. The molecule has 3 aromatic heterocycles. The van der Waals surface area contributed by atoms with Gasteiger partial charge in [-0.05, 0) is 12.0 Å². The van der Waals surface area contributed by atoms with Crippen LogP contribution in [0.2, 0.25) is 0 Å². The van der Waals surface area contributed by atoms with Crippen LogP contribution in [0.3, 0.4) is 0 Å². The maximum absolute atomic E-state index is 13.6. The average molecular weight is 401 g/mol. The zero-order valence-electron chi connectivity index (χ0n) is 17.2. The van der Waals surface area contributed by atoms with Crippen molar-refractivity contribution in [3.05, 3.63) is 60.3 Å². The number of pyridine rings is 1. The summed E-state index contributed by atoms with van der Waals surface area (Å²) in [5, 5.41) is 4.72. The van der Waals surface area contributed by atoms with Crippen molar-refractivity contribution < 1.29 is 4.79 Å². The fourth-order valence-electron chi connectivity index (χ4n) is 4.17. The highest BCUT2D eigenvalue weighted by Gasteiger charge is 2.37. The molecule has 1 atom stereocenters. The van der Waals surface area contributed by atoms with Gasteiger partial charge in [0.2, 0.25) is 0 Å². The van der Waals surface area contributed by atoms with E-state index >= 15 is 0 Å². The number of nitrogens with zero attached hydrogens (tertiary/aromatic N) is 7. The lowest BCUT2D eigenvalue weighted by Crippen LogP contribution is -2.44. The molecule has 0 saturated heterocycles. The molecule has 0 unspecified atom stereocenters. The first kappa shape index (κ1) is 18.5. The number of carbonyl (C=O) groups is 1. The second-order valence-electron chi connectivity index (χ2n) is 7.96. The van der Waals surface area contributed by atoms with E-state index in [0.29, 0.717) is 35.6 Å². The van der Waals surface area contributed by atoms with E-state index in [9.17, 15) is 4.79 Å². The Morgan fingerprint density at radius 2 is 1.90 bits per heavy atom. The van der Waals surface area contributed by atoms with Crippen molar-refractivity contribution >= 4 is 17.1 Å². The molecule has 5 rings (SSSR count). The molecular formula is C22H23N7O. The molecule has 1 amide bonds. The van der Waals surface area contributed by atoms with Crippen molar-refractivity contribution in [2.75, 3.05) is 6.54 Å². The van der Waals surface area contributed by atoms with Crippen LogP contribution >= 0.6 is 0 Å². The number of aromatic nitrogens is 6. The largest absolute Gasteiger partial charge is 0.326 e. The molecule has 4 aromatic rings. The molecule has 8 heteroatoms. The smallest absolute Gasteiger partial charge is 0.256 e. The molecule has 0 saturated carbocycles.